The molecule has 2 amide bonds. The van der Waals surface area contributed by atoms with Crippen molar-refractivity contribution in [1.29, 1.82) is 0 Å². The Hall–Kier alpha value is -2.23. The van der Waals surface area contributed by atoms with Gasteiger partial charge < -0.3 is 15.2 Å². The van der Waals surface area contributed by atoms with Gasteiger partial charge in [0.25, 0.3) is 0 Å². The number of carbonyl (C=O) groups is 1. The number of urea groups is 1. The summed E-state index contributed by atoms with van der Waals surface area (Å²) in [7, 11) is 0. The van der Waals surface area contributed by atoms with Gasteiger partial charge in [-0.25, -0.2) is 4.79 Å². The number of benzene rings is 1. The number of carbonyl (C=O) groups excluding carboxylic acids is 1. The predicted octanol–water partition coefficient (Wildman–Crippen LogP) is 4.35. The van der Waals surface area contributed by atoms with Crippen LogP contribution in [0.2, 0.25) is 0 Å². The van der Waals surface area contributed by atoms with Crippen LogP contribution in [0.4, 0.5) is 23.7 Å². The summed E-state index contributed by atoms with van der Waals surface area (Å²) in [5.74, 6) is 0.589. The Bertz CT molecular complexity index is 732. The number of alkyl halides is 3. The van der Waals surface area contributed by atoms with E-state index in [9.17, 15) is 18.0 Å². The SMILES string of the molecule is CC(C)n1cnnc1[C@@H](C)NC(=O)Nc1cccc(SC(F)(F)F)c1. The molecule has 136 valence electrons. The number of rotatable bonds is 5. The zero-order valence-corrected chi connectivity index (χ0v) is 14.6. The van der Waals surface area contributed by atoms with Crippen molar-refractivity contribution in [3.05, 3.63) is 36.4 Å². The van der Waals surface area contributed by atoms with Crippen molar-refractivity contribution in [3.8, 4) is 0 Å². The van der Waals surface area contributed by atoms with Gasteiger partial charge in [0.05, 0.1) is 6.04 Å². The van der Waals surface area contributed by atoms with E-state index in [1.807, 2.05) is 18.4 Å². The molecule has 2 N–H and O–H groups in total. The molecule has 25 heavy (non-hydrogen) atoms. The van der Waals surface area contributed by atoms with Crippen LogP contribution >= 0.6 is 11.8 Å². The molecular formula is C15H18F3N5OS. The van der Waals surface area contributed by atoms with Gasteiger partial charge in [-0.2, -0.15) is 13.2 Å². The van der Waals surface area contributed by atoms with Gasteiger partial charge in [0.1, 0.15) is 6.33 Å². The predicted molar refractivity (Wildman–Crippen MR) is 89.3 cm³/mol. The third kappa shape index (κ3) is 5.66. The number of amides is 2. The van der Waals surface area contributed by atoms with Gasteiger partial charge in [-0.1, -0.05) is 6.07 Å². The molecule has 1 aromatic heterocycles. The second-order valence-electron chi connectivity index (χ2n) is 5.59. The molecule has 0 aliphatic heterocycles. The lowest BCUT2D eigenvalue weighted by Crippen LogP contribution is -2.32. The van der Waals surface area contributed by atoms with E-state index in [1.165, 1.54) is 24.3 Å². The second-order valence-corrected chi connectivity index (χ2v) is 6.72. The van der Waals surface area contributed by atoms with E-state index >= 15 is 0 Å². The van der Waals surface area contributed by atoms with Crippen molar-refractivity contribution in [2.75, 3.05) is 5.32 Å². The summed E-state index contributed by atoms with van der Waals surface area (Å²) in [6, 6.07) is 4.73. The highest BCUT2D eigenvalue weighted by Gasteiger charge is 2.29. The van der Waals surface area contributed by atoms with Crippen LogP contribution in [-0.4, -0.2) is 26.3 Å². The molecule has 1 heterocycles. The fourth-order valence-corrected chi connectivity index (χ4v) is 2.76. The number of hydrogen-bond donors (Lipinski definition) is 2. The van der Waals surface area contributed by atoms with Gasteiger partial charge >= 0.3 is 11.5 Å². The van der Waals surface area contributed by atoms with E-state index in [1.54, 1.807) is 13.3 Å². The van der Waals surface area contributed by atoms with Crippen molar-refractivity contribution in [2.24, 2.45) is 0 Å². The van der Waals surface area contributed by atoms with Crippen LogP contribution in [0.15, 0.2) is 35.5 Å². The van der Waals surface area contributed by atoms with E-state index in [2.05, 4.69) is 20.8 Å². The molecule has 0 bridgehead atoms. The molecule has 2 rings (SSSR count). The van der Waals surface area contributed by atoms with Crippen LogP contribution < -0.4 is 10.6 Å². The van der Waals surface area contributed by atoms with Crippen molar-refractivity contribution < 1.29 is 18.0 Å². The highest BCUT2D eigenvalue weighted by molar-refractivity contribution is 8.00. The Labute approximate surface area is 147 Å². The van der Waals surface area contributed by atoms with Crippen molar-refractivity contribution >= 4 is 23.5 Å². The molecule has 0 aliphatic carbocycles. The molecular weight excluding hydrogens is 355 g/mol. The maximum atomic E-state index is 12.4. The quantitative estimate of drug-likeness (QED) is 0.764. The van der Waals surface area contributed by atoms with Gasteiger partial charge in [-0.05, 0) is 50.7 Å². The molecule has 6 nitrogen and oxygen atoms in total. The lowest BCUT2D eigenvalue weighted by Gasteiger charge is -2.17. The topological polar surface area (TPSA) is 71.8 Å². The van der Waals surface area contributed by atoms with E-state index in [-0.39, 0.29) is 28.4 Å². The molecule has 0 saturated carbocycles. The summed E-state index contributed by atoms with van der Waals surface area (Å²) in [4.78, 5) is 12.1. The zero-order chi connectivity index (χ0) is 18.6. The number of hydrogen-bond acceptors (Lipinski definition) is 4. The van der Waals surface area contributed by atoms with Crippen LogP contribution in [-0.2, 0) is 0 Å². The molecule has 0 radical (unpaired) electrons. The minimum atomic E-state index is -4.38. The Kier molecular flexibility index (Phi) is 5.93. The summed E-state index contributed by atoms with van der Waals surface area (Å²) in [6.07, 6.45) is 1.58. The van der Waals surface area contributed by atoms with Crippen molar-refractivity contribution in [2.45, 2.75) is 43.3 Å². The van der Waals surface area contributed by atoms with E-state index < -0.39 is 17.6 Å². The molecule has 0 aliphatic rings. The van der Waals surface area contributed by atoms with Gasteiger partial charge in [0.15, 0.2) is 5.82 Å². The van der Waals surface area contributed by atoms with Crippen LogP contribution in [0.25, 0.3) is 0 Å². The number of nitrogens with one attached hydrogen (secondary N) is 2. The minimum Gasteiger partial charge on any atom is -0.328 e. The van der Waals surface area contributed by atoms with Gasteiger partial charge in [-0.3, -0.25) is 0 Å². The highest BCUT2D eigenvalue weighted by atomic mass is 32.2. The third-order valence-corrected chi connectivity index (χ3v) is 3.94. The minimum absolute atomic E-state index is 0.00195. The maximum Gasteiger partial charge on any atom is 0.446 e. The maximum absolute atomic E-state index is 12.4. The number of thioether (sulfide) groups is 1. The first-order valence-corrected chi connectivity index (χ1v) is 8.30. The fourth-order valence-electron chi connectivity index (χ4n) is 2.16. The first kappa shape index (κ1) is 19.1. The first-order chi connectivity index (χ1) is 11.7. The Morgan fingerprint density at radius 2 is 2.00 bits per heavy atom. The van der Waals surface area contributed by atoms with E-state index in [4.69, 9.17) is 0 Å². The van der Waals surface area contributed by atoms with Crippen molar-refractivity contribution in [3.63, 3.8) is 0 Å². The molecule has 0 spiro atoms. The van der Waals surface area contributed by atoms with E-state index in [0.29, 0.717) is 5.82 Å². The highest BCUT2D eigenvalue weighted by Crippen LogP contribution is 2.37. The zero-order valence-electron chi connectivity index (χ0n) is 13.8. The summed E-state index contributed by atoms with van der Waals surface area (Å²) >= 11 is -0.234. The van der Waals surface area contributed by atoms with Crippen LogP contribution in [0, 0.1) is 0 Å². The summed E-state index contributed by atoms with van der Waals surface area (Å²) < 4.78 is 39.1. The van der Waals surface area contributed by atoms with Crippen LogP contribution in [0.3, 0.4) is 0 Å². The monoisotopic (exact) mass is 373 g/mol. The normalized spacial score (nSPS) is 12.9. The lowest BCUT2D eigenvalue weighted by molar-refractivity contribution is -0.0328. The first-order valence-electron chi connectivity index (χ1n) is 7.48. The summed E-state index contributed by atoms with van der Waals surface area (Å²) in [5, 5.41) is 13.0. The molecule has 1 aromatic carbocycles. The fraction of sp³-hybridized carbons (Fsp3) is 0.400. The molecule has 0 unspecified atom stereocenters. The average molecular weight is 373 g/mol. The Balaban J connectivity index is 2.00. The number of aromatic nitrogens is 3. The van der Waals surface area contributed by atoms with Crippen LogP contribution in [0.5, 0.6) is 0 Å². The second kappa shape index (κ2) is 7.77. The smallest absolute Gasteiger partial charge is 0.328 e. The standard InChI is InChI=1S/C15H18F3N5OS/c1-9(2)23-8-19-22-13(23)10(3)20-14(24)21-11-5-4-6-12(7-11)25-15(16,17)18/h4-10H,1-3H3,(H2,20,21,24)/t10-/m1/s1. The summed E-state index contributed by atoms with van der Waals surface area (Å²) in [5.41, 5.74) is -4.11. The Morgan fingerprint density at radius 3 is 2.64 bits per heavy atom. The van der Waals surface area contributed by atoms with Crippen molar-refractivity contribution in [1.82, 2.24) is 20.1 Å². The lowest BCUT2D eigenvalue weighted by atomic mass is 10.3. The van der Waals surface area contributed by atoms with Gasteiger partial charge in [0, 0.05) is 16.6 Å². The number of halogens is 3. The van der Waals surface area contributed by atoms with Gasteiger partial charge in [-0.15, -0.1) is 10.2 Å². The molecule has 2 aromatic rings. The largest absolute Gasteiger partial charge is 0.446 e. The van der Waals surface area contributed by atoms with E-state index in [0.717, 1.165) is 0 Å². The number of anilines is 1. The summed E-state index contributed by atoms with van der Waals surface area (Å²) in [6.45, 7) is 5.67. The Morgan fingerprint density at radius 1 is 1.28 bits per heavy atom. The molecule has 10 heteroatoms. The third-order valence-electron chi connectivity index (χ3n) is 3.22. The number of nitrogens with zero attached hydrogens (tertiary/aromatic N) is 3. The molecule has 1 atom stereocenters. The molecule has 0 fully saturated rings. The molecule has 0 saturated heterocycles. The van der Waals surface area contributed by atoms with Crippen LogP contribution in [0.1, 0.15) is 38.7 Å². The van der Waals surface area contributed by atoms with Gasteiger partial charge in [0.2, 0.25) is 0 Å². The average Bonchev–Trinajstić information content (AvgIpc) is 2.95.